The molecule has 0 aliphatic heterocycles. The van der Waals surface area contributed by atoms with Crippen LogP contribution in [0.1, 0.15) is 5.56 Å². The second-order valence-electron chi connectivity index (χ2n) is 4.20. The van der Waals surface area contributed by atoms with E-state index in [0.29, 0.717) is 19.8 Å². The maximum absolute atomic E-state index is 13.8. The van der Waals surface area contributed by atoms with E-state index in [-0.39, 0.29) is 6.54 Å². The van der Waals surface area contributed by atoms with Gasteiger partial charge >= 0.3 is 0 Å². The Morgan fingerprint density at radius 2 is 1.95 bits per heavy atom. The third-order valence-electron chi connectivity index (χ3n) is 2.70. The first-order valence-electron chi connectivity index (χ1n) is 5.80. The zero-order valence-electron chi connectivity index (χ0n) is 10.6. The summed E-state index contributed by atoms with van der Waals surface area (Å²) < 4.78 is 41.3. The average molecular weight is 441 g/mol. The van der Waals surface area contributed by atoms with Gasteiger partial charge < -0.3 is 5.73 Å². The number of halogens is 3. The number of sulfonamides is 1. The fourth-order valence-electron chi connectivity index (χ4n) is 1.65. The van der Waals surface area contributed by atoms with E-state index in [2.05, 4.69) is 4.72 Å². The van der Waals surface area contributed by atoms with Gasteiger partial charge in [-0.25, -0.2) is 12.8 Å². The van der Waals surface area contributed by atoms with Crippen molar-refractivity contribution in [2.45, 2.75) is 11.4 Å². The molecular weight excluding hydrogens is 430 g/mol. The standard InChI is InChI=1S/C13H11ClFIN2O2S/c14-9-2-4-12(11(16)6-9)18-21(19,20)13-5-8(7-17)1-3-10(13)15/h1-6,18H,7,17H2. The SMILES string of the molecule is NCc1ccc(F)c(S(=O)(=O)Nc2ccc(Cl)cc2I)c1. The van der Waals surface area contributed by atoms with Gasteiger partial charge in [0.2, 0.25) is 0 Å². The maximum atomic E-state index is 13.8. The Hall–Kier alpha value is -0.900. The van der Waals surface area contributed by atoms with Crippen LogP contribution in [0, 0.1) is 9.39 Å². The van der Waals surface area contributed by atoms with Gasteiger partial charge in [-0.2, -0.15) is 0 Å². The van der Waals surface area contributed by atoms with E-state index in [1.54, 1.807) is 12.1 Å². The lowest BCUT2D eigenvalue weighted by atomic mass is 10.2. The minimum atomic E-state index is -4.04. The van der Waals surface area contributed by atoms with Crippen LogP contribution in [0.15, 0.2) is 41.3 Å². The van der Waals surface area contributed by atoms with Crippen molar-refractivity contribution in [1.82, 2.24) is 0 Å². The Morgan fingerprint density at radius 3 is 2.57 bits per heavy atom. The molecule has 21 heavy (non-hydrogen) atoms. The molecule has 0 aliphatic carbocycles. The lowest BCUT2D eigenvalue weighted by Gasteiger charge is -2.11. The van der Waals surface area contributed by atoms with Gasteiger partial charge in [-0.3, -0.25) is 4.72 Å². The lowest BCUT2D eigenvalue weighted by molar-refractivity contribution is 0.569. The highest BCUT2D eigenvalue weighted by atomic mass is 127. The second kappa shape index (κ2) is 6.47. The van der Waals surface area contributed by atoms with Crippen molar-refractivity contribution < 1.29 is 12.8 Å². The number of hydrogen-bond acceptors (Lipinski definition) is 3. The van der Waals surface area contributed by atoms with Gasteiger partial charge in [-0.15, -0.1) is 0 Å². The molecule has 0 aromatic heterocycles. The molecule has 2 aromatic rings. The first kappa shape index (κ1) is 16.5. The summed E-state index contributed by atoms with van der Waals surface area (Å²) in [7, 11) is -4.04. The van der Waals surface area contributed by atoms with Crippen LogP contribution >= 0.6 is 34.2 Å². The molecule has 0 fully saturated rings. The number of anilines is 1. The molecule has 0 bridgehead atoms. The molecule has 0 radical (unpaired) electrons. The monoisotopic (exact) mass is 440 g/mol. The predicted octanol–water partition coefficient (Wildman–Crippen LogP) is 3.34. The number of nitrogens with two attached hydrogens (primary N) is 1. The van der Waals surface area contributed by atoms with E-state index in [1.165, 1.54) is 18.2 Å². The Morgan fingerprint density at radius 1 is 1.24 bits per heavy atom. The second-order valence-corrected chi connectivity index (χ2v) is 7.45. The van der Waals surface area contributed by atoms with Crippen molar-refractivity contribution in [2.75, 3.05) is 4.72 Å². The summed E-state index contributed by atoms with van der Waals surface area (Å²) in [6, 6.07) is 8.43. The fraction of sp³-hybridized carbons (Fsp3) is 0.0769. The van der Waals surface area contributed by atoms with Crippen LogP contribution < -0.4 is 10.5 Å². The van der Waals surface area contributed by atoms with Crippen molar-refractivity contribution >= 4 is 49.9 Å². The van der Waals surface area contributed by atoms with Crippen LogP contribution in [0.5, 0.6) is 0 Å². The molecule has 8 heteroatoms. The Bertz CT molecular complexity index is 784. The summed E-state index contributed by atoms with van der Waals surface area (Å²) in [5, 5.41) is 0.485. The molecule has 0 saturated heterocycles. The zero-order valence-corrected chi connectivity index (χ0v) is 14.3. The summed E-state index contributed by atoms with van der Waals surface area (Å²) in [6.45, 7) is 0.126. The summed E-state index contributed by atoms with van der Waals surface area (Å²) in [5.41, 5.74) is 6.31. The molecule has 0 saturated carbocycles. The van der Waals surface area contributed by atoms with Crippen molar-refractivity contribution in [2.24, 2.45) is 5.73 Å². The van der Waals surface area contributed by atoms with E-state index >= 15 is 0 Å². The maximum Gasteiger partial charge on any atom is 0.264 e. The Labute approximate surface area is 140 Å². The molecule has 0 unspecified atom stereocenters. The first-order valence-corrected chi connectivity index (χ1v) is 8.74. The van der Waals surface area contributed by atoms with Gasteiger partial charge in [0, 0.05) is 15.1 Å². The average Bonchev–Trinajstić information content (AvgIpc) is 2.42. The zero-order chi connectivity index (χ0) is 15.6. The Balaban J connectivity index is 2.43. The Kier molecular flexibility index (Phi) is 5.07. The molecule has 0 amide bonds. The van der Waals surface area contributed by atoms with Crippen LogP contribution in [-0.2, 0) is 16.6 Å². The molecule has 112 valence electrons. The van der Waals surface area contributed by atoms with Gasteiger partial charge in [-0.1, -0.05) is 17.7 Å². The fourth-order valence-corrected chi connectivity index (χ4v) is 4.05. The smallest absolute Gasteiger partial charge is 0.264 e. The molecule has 0 atom stereocenters. The van der Waals surface area contributed by atoms with E-state index in [0.717, 1.165) is 6.07 Å². The minimum Gasteiger partial charge on any atom is -0.326 e. The number of benzene rings is 2. The summed E-state index contributed by atoms with van der Waals surface area (Å²) in [5.74, 6) is -0.830. The van der Waals surface area contributed by atoms with Crippen LogP contribution in [0.2, 0.25) is 5.02 Å². The molecule has 3 N–H and O–H groups in total. The van der Waals surface area contributed by atoms with Crippen molar-refractivity contribution in [1.29, 1.82) is 0 Å². The van der Waals surface area contributed by atoms with Gasteiger partial charge in [0.05, 0.1) is 5.69 Å². The van der Waals surface area contributed by atoms with Crippen LogP contribution in [0.4, 0.5) is 10.1 Å². The van der Waals surface area contributed by atoms with Crippen LogP contribution in [-0.4, -0.2) is 8.42 Å². The molecule has 2 rings (SSSR count). The van der Waals surface area contributed by atoms with Gasteiger partial charge in [0.1, 0.15) is 10.7 Å². The van der Waals surface area contributed by atoms with E-state index in [4.69, 9.17) is 17.3 Å². The largest absolute Gasteiger partial charge is 0.326 e. The van der Waals surface area contributed by atoms with E-state index < -0.39 is 20.7 Å². The molecule has 4 nitrogen and oxygen atoms in total. The molecule has 0 heterocycles. The normalized spacial score (nSPS) is 11.4. The van der Waals surface area contributed by atoms with Crippen LogP contribution in [0.3, 0.4) is 0 Å². The molecule has 0 aliphatic rings. The number of hydrogen-bond donors (Lipinski definition) is 2. The highest BCUT2D eigenvalue weighted by Crippen LogP contribution is 2.26. The van der Waals surface area contributed by atoms with Gasteiger partial charge in [0.15, 0.2) is 0 Å². The van der Waals surface area contributed by atoms with Crippen molar-refractivity contribution in [3.8, 4) is 0 Å². The summed E-state index contributed by atoms with van der Waals surface area (Å²) in [6.07, 6.45) is 0. The minimum absolute atomic E-state index is 0.126. The first-order chi connectivity index (χ1) is 9.83. The highest BCUT2D eigenvalue weighted by Gasteiger charge is 2.20. The third kappa shape index (κ3) is 3.85. The van der Waals surface area contributed by atoms with E-state index in [9.17, 15) is 12.8 Å². The summed E-state index contributed by atoms with van der Waals surface area (Å²) >= 11 is 7.76. The van der Waals surface area contributed by atoms with Crippen LogP contribution in [0.25, 0.3) is 0 Å². The number of nitrogens with one attached hydrogen (secondary N) is 1. The third-order valence-corrected chi connectivity index (χ3v) is 5.20. The lowest BCUT2D eigenvalue weighted by Crippen LogP contribution is -2.16. The number of rotatable bonds is 4. The molecular formula is C13H11ClFIN2O2S. The molecule has 0 spiro atoms. The van der Waals surface area contributed by atoms with Crippen molar-refractivity contribution in [3.63, 3.8) is 0 Å². The molecule has 2 aromatic carbocycles. The quantitative estimate of drug-likeness (QED) is 0.716. The predicted molar refractivity (Wildman–Crippen MR) is 89.3 cm³/mol. The highest BCUT2D eigenvalue weighted by molar-refractivity contribution is 14.1. The summed E-state index contributed by atoms with van der Waals surface area (Å²) in [4.78, 5) is -0.434. The van der Waals surface area contributed by atoms with Gasteiger partial charge in [0.25, 0.3) is 10.0 Å². The topological polar surface area (TPSA) is 72.2 Å². The van der Waals surface area contributed by atoms with Gasteiger partial charge in [-0.05, 0) is 58.5 Å². The van der Waals surface area contributed by atoms with E-state index in [1.807, 2.05) is 22.6 Å². The van der Waals surface area contributed by atoms with Crippen molar-refractivity contribution in [3.05, 3.63) is 56.4 Å².